The highest BCUT2D eigenvalue weighted by atomic mass is 16.4. The molecule has 3 aliphatic heterocycles. The van der Waals surface area contributed by atoms with Crippen molar-refractivity contribution in [3.63, 3.8) is 0 Å². The summed E-state index contributed by atoms with van der Waals surface area (Å²) in [4.78, 5) is 92.4. The van der Waals surface area contributed by atoms with Crippen molar-refractivity contribution in [3.8, 4) is 11.1 Å². The van der Waals surface area contributed by atoms with Crippen LogP contribution in [0.5, 0.6) is 0 Å². The molecule has 6 amide bonds. The number of primary amides is 2. The molecule has 1 aromatic heterocycles. The second-order valence-electron chi connectivity index (χ2n) is 19.9. The van der Waals surface area contributed by atoms with Crippen LogP contribution < -0.4 is 27.0 Å². The molecule has 0 spiro atoms. The molecule has 0 saturated carbocycles. The van der Waals surface area contributed by atoms with E-state index in [9.17, 15) is 29.4 Å². The average Bonchev–Trinajstić information content (AvgIpc) is 4.03. The fraction of sp³-hybridized carbons (Fsp3) is 0.431. The monoisotopic (exact) mass is 910 g/mol. The van der Waals surface area contributed by atoms with Crippen LogP contribution in [-0.4, -0.2) is 97.6 Å². The van der Waals surface area contributed by atoms with Gasteiger partial charge < -0.3 is 26.6 Å². The average molecular weight is 911 g/mol. The van der Waals surface area contributed by atoms with Gasteiger partial charge in [-0.05, 0) is 110 Å². The second kappa shape index (κ2) is 16.3. The Morgan fingerprint density at radius 3 is 1.64 bits per heavy atom. The molecule has 3 saturated heterocycles. The lowest BCUT2D eigenvalue weighted by Crippen LogP contribution is -2.74. The normalized spacial score (nSPS) is 32.0. The van der Waals surface area contributed by atoms with Crippen LogP contribution in [0.4, 0.5) is 15.3 Å². The number of carbonyl (C=O) groups is 6. The maximum atomic E-state index is 15.1. The van der Waals surface area contributed by atoms with Crippen LogP contribution >= 0.6 is 0 Å². The molecule has 3 fully saturated rings. The summed E-state index contributed by atoms with van der Waals surface area (Å²) in [5.41, 5.74) is 10.6. The molecule has 350 valence electrons. The SMILES string of the molecule is CC1C[C@@H](C2CCCN2[C@@]2(C(=O)NC(=O)O)c3ccc(cc3)C2(C)CC(N)=O)N(c2ccc(-c3cccnc3)cc2)[C@]1(C)C1CCCN1[C@@]1(C(=O)NC(=O)O)c2ccc(cc2)C1(C)CC(N)=O. The molecule has 67 heavy (non-hydrogen) atoms. The molecule has 3 aromatic carbocycles. The van der Waals surface area contributed by atoms with Crippen molar-refractivity contribution >= 4 is 41.5 Å². The Balaban J connectivity index is 1.24. The predicted octanol–water partition coefficient (Wildman–Crippen LogP) is 5.32. The number of hydrogen-bond donors (Lipinski definition) is 6. The van der Waals surface area contributed by atoms with E-state index < -0.39 is 69.3 Å². The first-order valence-electron chi connectivity index (χ1n) is 23.1. The smallest absolute Gasteiger partial charge is 0.411 e. The Morgan fingerprint density at radius 2 is 1.15 bits per heavy atom. The Hall–Kier alpha value is -6.65. The van der Waals surface area contributed by atoms with Gasteiger partial charge in [0.1, 0.15) is 11.1 Å². The van der Waals surface area contributed by atoms with Gasteiger partial charge in [0.15, 0.2) is 0 Å². The number of benzene rings is 3. The summed E-state index contributed by atoms with van der Waals surface area (Å²) in [6.07, 6.45) is 3.21. The minimum atomic E-state index is -1.67. The lowest BCUT2D eigenvalue weighted by atomic mass is 9.56. The van der Waals surface area contributed by atoms with Gasteiger partial charge in [-0.25, -0.2) is 9.59 Å². The molecule has 4 bridgehead atoms. The Kier molecular flexibility index (Phi) is 11.1. The lowest BCUT2D eigenvalue weighted by Gasteiger charge is -2.60. The van der Waals surface area contributed by atoms with Crippen molar-refractivity contribution in [2.45, 2.75) is 118 Å². The van der Waals surface area contributed by atoms with Gasteiger partial charge in [0.2, 0.25) is 11.8 Å². The van der Waals surface area contributed by atoms with Crippen LogP contribution in [-0.2, 0) is 41.1 Å². The highest BCUT2D eigenvalue weighted by molar-refractivity contribution is 6.01. The number of rotatable bonds is 12. The minimum Gasteiger partial charge on any atom is -0.465 e. The Bertz CT molecular complexity index is 2650. The molecular formula is C51H58N8O8. The molecule has 7 aliphatic rings. The summed E-state index contributed by atoms with van der Waals surface area (Å²) in [6.45, 7) is 8.86. The van der Waals surface area contributed by atoms with Crippen molar-refractivity contribution in [1.82, 2.24) is 25.4 Å². The number of anilines is 1. The first-order valence-corrected chi connectivity index (χ1v) is 23.1. The maximum absolute atomic E-state index is 15.1. The molecule has 16 nitrogen and oxygen atoms in total. The van der Waals surface area contributed by atoms with Crippen molar-refractivity contribution in [3.05, 3.63) is 120 Å². The highest BCUT2D eigenvalue weighted by Gasteiger charge is 2.70. The largest absolute Gasteiger partial charge is 0.465 e. The predicted molar refractivity (Wildman–Crippen MR) is 248 cm³/mol. The van der Waals surface area contributed by atoms with Gasteiger partial charge in [-0.3, -0.25) is 44.6 Å². The van der Waals surface area contributed by atoms with E-state index in [1.165, 1.54) is 0 Å². The second-order valence-corrected chi connectivity index (χ2v) is 19.9. The summed E-state index contributed by atoms with van der Waals surface area (Å²) < 4.78 is 0. The van der Waals surface area contributed by atoms with Gasteiger partial charge in [-0.1, -0.05) is 87.5 Å². The molecule has 0 radical (unpaired) electrons. The molecule has 9 atom stereocenters. The fourth-order valence-corrected chi connectivity index (χ4v) is 14.1. The molecule has 4 aliphatic carbocycles. The third-order valence-corrected chi connectivity index (χ3v) is 16.7. The van der Waals surface area contributed by atoms with Crippen LogP contribution in [0.3, 0.4) is 0 Å². The van der Waals surface area contributed by atoms with E-state index in [1.54, 1.807) is 12.4 Å². The van der Waals surface area contributed by atoms with E-state index in [1.807, 2.05) is 86.6 Å². The van der Waals surface area contributed by atoms with E-state index in [-0.39, 0.29) is 30.8 Å². The van der Waals surface area contributed by atoms with Crippen molar-refractivity contribution in [2.75, 3.05) is 18.0 Å². The van der Waals surface area contributed by atoms with E-state index in [4.69, 9.17) is 11.5 Å². The molecule has 5 unspecified atom stereocenters. The summed E-state index contributed by atoms with van der Waals surface area (Å²) in [5, 5.41) is 24.8. The van der Waals surface area contributed by atoms with Crippen LogP contribution in [0.25, 0.3) is 11.1 Å². The van der Waals surface area contributed by atoms with Crippen molar-refractivity contribution < 1.29 is 39.0 Å². The molecule has 4 aromatic rings. The van der Waals surface area contributed by atoms with E-state index in [2.05, 4.69) is 56.3 Å². The van der Waals surface area contributed by atoms with Crippen LogP contribution in [0.15, 0.2) is 97.3 Å². The topological polar surface area (TPSA) is 242 Å². The number of imide groups is 2. The molecular weight excluding hydrogens is 853 g/mol. The zero-order valence-corrected chi connectivity index (χ0v) is 38.2. The number of aromatic nitrogens is 1. The summed E-state index contributed by atoms with van der Waals surface area (Å²) in [6, 6.07) is 25.8. The summed E-state index contributed by atoms with van der Waals surface area (Å²) in [7, 11) is 0. The quantitative estimate of drug-likeness (QED) is 0.106. The van der Waals surface area contributed by atoms with Crippen molar-refractivity contribution in [2.24, 2.45) is 17.4 Å². The van der Waals surface area contributed by atoms with Gasteiger partial charge >= 0.3 is 12.2 Å². The third-order valence-electron chi connectivity index (χ3n) is 16.7. The van der Waals surface area contributed by atoms with Crippen LogP contribution in [0.1, 0.15) is 94.9 Å². The Morgan fingerprint density at radius 1 is 0.657 bits per heavy atom. The number of likely N-dealkylation sites (tertiary alicyclic amines) is 2. The van der Waals surface area contributed by atoms with Crippen LogP contribution in [0.2, 0.25) is 0 Å². The Labute approximate surface area is 389 Å². The number of amides is 6. The maximum Gasteiger partial charge on any atom is 0.411 e. The number of carbonyl (C=O) groups excluding carboxylic acids is 4. The van der Waals surface area contributed by atoms with Crippen LogP contribution in [0, 0.1) is 5.92 Å². The number of carboxylic acid groups (broad SMARTS) is 2. The summed E-state index contributed by atoms with van der Waals surface area (Å²) in [5.74, 6) is -2.90. The van der Waals surface area contributed by atoms with E-state index in [0.29, 0.717) is 67.4 Å². The van der Waals surface area contributed by atoms with Gasteiger partial charge in [-0.2, -0.15) is 0 Å². The zero-order chi connectivity index (χ0) is 47.8. The minimum absolute atomic E-state index is 0.111. The number of pyridine rings is 1. The summed E-state index contributed by atoms with van der Waals surface area (Å²) >= 11 is 0. The first-order chi connectivity index (χ1) is 31.8. The standard InChI is InChI=1S/C51H58N8O8/c1-30-26-39(38-9-6-24-57(38)50(43(62)55-45(64)65)35-17-13-33(14-18-35)47(50,2)27-41(52)60)59(37-21-11-31(12-22-37)32-8-5-23-54-29-32)49(30,4)40-10-7-25-58(40)51(44(63)56-46(66)67)36-19-15-34(16-20-36)48(51,3)28-42(53)61/h5,8,11-23,29-30,38-40H,6-7,9-10,24-28H2,1-4H3,(H2,52,60)(H2,53,61)(H,55,62)(H,56,63)(H,64,65)(H,66,67)/t30?,38?,39-,40?,47?,48?,49-,50+,51+/m0/s1. The molecule has 16 heteroatoms. The van der Waals surface area contributed by atoms with E-state index >= 15 is 9.59 Å². The van der Waals surface area contributed by atoms with Gasteiger partial charge in [0.05, 0.1) is 5.54 Å². The molecule has 4 heterocycles. The number of nitrogens with one attached hydrogen (secondary N) is 2. The number of nitrogens with zero attached hydrogens (tertiary/aromatic N) is 4. The van der Waals surface area contributed by atoms with E-state index in [0.717, 1.165) is 16.8 Å². The number of fused-ring (bicyclic) bond motifs is 6. The number of nitrogens with two attached hydrogens (primary N) is 2. The van der Waals surface area contributed by atoms with Gasteiger partial charge in [-0.15, -0.1) is 0 Å². The molecule has 8 N–H and O–H groups in total. The lowest BCUT2D eigenvalue weighted by molar-refractivity contribution is -0.145. The fourth-order valence-electron chi connectivity index (χ4n) is 14.1. The number of hydrogen-bond acceptors (Lipinski definition) is 10. The van der Waals surface area contributed by atoms with Crippen molar-refractivity contribution in [1.29, 1.82) is 0 Å². The highest BCUT2D eigenvalue weighted by Crippen LogP contribution is 2.61. The third kappa shape index (κ3) is 6.50. The van der Waals surface area contributed by atoms with Gasteiger partial charge in [0, 0.05) is 59.9 Å². The first kappa shape index (κ1) is 45.5. The molecule has 11 rings (SSSR count). The van der Waals surface area contributed by atoms with Gasteiger partial charge in [0.25, 0.3) is 11.8 Å². The zero-order valence-electron chi connectivity index (χ0n) is 38.2.